The van der Waals surface area contributed by atoms with Crippen molar-refractivity contribution < 1.29 is 32.2 Å². The second-order valence-corrected chi connectivity index (χ2v) is 10.8. The van der Waals surface area contributed by atoms with Crippen LogP contribution < -0.4 is 10.6 Å². The SMILES string of the molecule is CC(C)O[C@@H]1CCC1COCC(=O)NC12CC(NC(=O)c3ccc4cc(C(F)(F)F)ccc4n3)(C1)C2. The van der Waals surface area contributed by atoms with Crippen LogP contribution in [0.3, 0.4) is 0 Å². The Labute approximate surface area is 207 Å². The maximum Gasteiger partial charge on any atom is 0.416 e. The third-order valence-electron chi connectivity index (χ3n) is 7.42. The second-order valence-electron chi connectivity index (χ2n) is 10.8. The number of benzene rings is 1. The molecule has 0 aliphatic heterocycles. The minimum atomic E-state index is -4.44. The van der Waals surface area contributed by atoms with E-state index >= 15 is 0 Å². The first-order valence-corrected chi connectivity index (χ1v) is 12.3. The van der Waals surface area contributed by atoms with Gasteiger partial charge in [-0.05, 0) is 70.2 Å². The number of aromatic nitrogens is 1. The highest BCUT2D eigenvalue weighted by molar-refractivity contribution is 5.96. The molecule has 194 valence electrons. The zero-order valence-electron chi connectivity index (χ0n) is 20.3. The molecule has 2 atom stereocenters. The van der Waals surface area contributed by atoms with Gasteiger partial charge in [-0.25, -0.2) is 4.98 Å². The molecule has 4 fully saturated rings. The molecule has 1 aromatic carbocycles. The van der Waals surface area contributed by atoms with Gasteiger partial charge in [-0.1, -0.05) is 6.07 Å². The fourth-order valence-electron chi connectivity index (χ4n) is 5.68. The van der Waals surface area contributed by atoms with Crippen molar-refractivity contribution in [3.8, 4) is 0 Å². The number of halogens is 3. The predicted molar refractivity (Wildman–Crippen MR) is 125 cm³/mol. The first kappa shape index (κ1) is 25.0. The first-order chi connectivity index (χ1) is 17.0. The van der Waals surface area contributed by atoms with Gasteiger partial charge in [0.25, 0.3) is 5.91 Å². The number of hydrogen-bond acceptors (Lipinski definition) is 5. The number of hydrogen-bond donors (Lipinski definition) is 2. The molecule has 36 heavy (non-hydrogen) atoms. The molecule has 6 rings (SSSR count). The Morgan fingerprint density at radius 2 is 1.81 bits per heavy atom. The standard InChI is InChI=1S/C26H30F3N3O4/c1-15(2)36-21-8-4-17(21)10-35-11-22(33)31-24-12-25(13-24,14-24)32-23(34)20-6-3-16-9-18(26(27,28)29)5-7-19(16)30-20/h3,5-7,9,15,17,21H,4,8,10-14H2,1-2H3,(H,31,33)(H,32,34)/t17?,21-,24?,25?/m1/s1. The average Bonchev–Trinajstić information content (AvgIpc) is 2.75. The molecule has 2 bridgehead atoms. The number of amides is 2. The number of alkyl halides is 3. The Hall–Kier alpha value is -2.72. The summed E-state index contributed by atoms with van der Waals surface area (Å²) < 4.78 is 50.2. The largest absolute Gasteiger partial charge is 0.416 e. The molecule has 2 N–H and O–H groups in total. The van der Waals surface area contributed by atoms with E-state index in [1.807, 2.05) is 13.8 Å². The Morgan fingerprint density at radius 3 is 2.44 bits per heavy atom. The van der Waals surface area contributed by atoms with E-state index in [1.54, 1.807) is 0 Å². The summed E-state index contributed by atoms with van der Waals surface area (Å²) in [6, 6.07) is 6.14. The van der Waals surface area contributed by atoms with Crippen LogP contribution in [0.5, 0.6) is 0 Å². The Kier molecular flexibility index (Phi) is 6.23. The number of ether oxygens (including phenoxy) is 2. The number of nitrogens with zero attached hydrogens (tertiary/aromatic N) is 1. The molecule has 4 aliphatic rings. The maximum atomic E-state index is 12.9. The number of fused-ring (bicyclic) bond motifs is 1. The molecule has 2 aromatic rings. The van der Waals surface area contributed by atoms with Crippen LogP contribution in [0.25, 0.3) is 10.9 Å². The molecule has 1 unspecified atom stereocenters. The predicted octanol–water partition coefficient (Wildman–Crippen LogP) is 3.99. The molecule has 7 nitrogen and oxygen atoms in total. The summed E-state index contributed by atoms with van der Waals surface area (Å²) in [5.74, 6) is -0.202. The van der Waals surface area contributed by atoms with Gasteiger partial charge in [0.15, 0.2) is 0 Å². The minimum absolute atomic E-state index is 0.00305. The van der Waals surface area contributed by atoms with Gasteiger partial charge in [-0.3, -0.25) is 9.59 Å². The molecular weight excluding hydrogens is 475 g/mol. The Bertz CT molecular complexity index is 1160. The maximum absolute atomic E-state index is 12.9. The molecule has 1 aromatic heterocycles. The lowest BCUT2D eigenvalue weighted by atomic mass is 9.44. The van der Waals surface area contributed by atoms with Gasteiger partial charge in [-0.2, -0.15) is 13.2 Å². The topological polar surface area (TPSA) is 89.5 Å². The van der Waals surface area contributed by atoms with E-state index in [0.29, 0.717) is 42.7 Å². The fourth-order valence-corrected chi connectivity index (χ4v) is 5.68. The molecule has 1 heterocycles. The molecule has 10 heteroatoms. The fraction of sp³-hybridized carbons (Fsp3) is 0.577. The van der Waals surface area contributed by atoms with Crippen molar-refractivity contribution in [2.24, 2.45) is 5.92 Å². The van der Waals surface area contributed by atoms with Gasteiger partial charge in [0.1, 0.15) is 12.3 Å². The molecule has 0 spiro atoms. The highest BCUT2D eigenvalue weighted by atomic mass is 19.4. The van der Waals surface area contributed by atoms with Crippen molar-refractivity contribution in [3.63, 3.8) is 0 Å². The van der Waals surface area contributed by atoms with Gasteiger partial charge in [0.05, 0.1) is 29.9 Å². The Balaban J connectivity index is 1.07. The summed E-state index contributed by atoms with van der Waals surface area (Å²) in [6.45, 7) is 4.53. The van der Waals surface area contributed by atoms with Crippen molar-refractivity contribution >= 4 is 22.7 Å². The lowest BCUT2D eigenvalue weighted by Crippen LogP contribution is -2.84. The summed E-state index contributed by atoms with van der Waals surface area (Å²) in [4.78, 5) is 29.3. The summed E-state index contributed by atoms with van der Waals surface area (Å²) in [6.07, 6.45) is -0.0689. The first-order valence-electron chi connectivity index (χ1n) is 12.3. The van der Waals surface area contributed by atoms with Gasteiger partial charge >= 0.3 is 6.18 Å². The molecule has 4 aliphatic carbocycles. The van der Waals surface area contributed by atoms with Crippen molar-refractivity contribution in [2.45, 2.75) is 75.4 Å². The second kappa shape index (κ2) is 8.99. The van der Waals surface area contributed by atoms with Crippen LogP contribution >= 0.6 is 0 Å². The lowest BCUT2D eigenvalue weighted by Gasteiger charge is -2.70. The van der Waals surface area contributed by atoms with Crippen LogP contribution in [-0.2, 0) is 20.4 Å². The summed E-state index contributed by atoms with van der Waals surface area (Å²) in [7, 11) is 0. The summed E-state index contributed by atoms with van der Waals surface area (Å²) in [5, 5.41) is 6.34. The average molecular weight is 506 g/mol. The third-order valence-corrected chi connectivity index (χ3v) is 7.42. The van der Waals surface area contributed by atoms with Crippen molar-refractivity contribution in [3.05, 3.63) is 41.6 Å². The summed E-state index contributed by atoms with van der Waals surface area (Å²) in [5.41, 5.74) is -0.976. The van der Waals surface area contributed by atoms with E-state index in [0.717, 1.165) is 25.0 Å². The van der Waals surface area contributed by atoms with Crippen LogP contribution in [0.1, 0.15) is 62.0 Å². The van der Waals surface area contributed by atoms with Crippen molar-refractivity contribution in [1.29, 1.82) is 0 Å². The van der Waals surface area contributed by atoms with E-state index in [9.17, 15) is 22.8 Å². The zero-order valence-corrected chi connectivity index (χ0v) is 20.3. The molecule has 0 radical (unpaired) electrons. The van der Waals surface area contributed by atoms with E-state index in [2.05, 4.69) is 15.6 Å². The molecule has 4 saturated carbocycles. The van der Waals surface area contributed by atoms with Crippen molar-refractivity contribution in [2.75, 3.05) is 13.2 Å². The third kappa shape index (κ3) is 4.93. The van der Waals surface area contributed by atoms with Crippen molar-refractivity contribution in [1.82, 2.24) is 15.6 Å². The van der Waals surface area contributed by atoms with E-state index < -0.39 is 11.7 Å². The Morgan fingerprint density at radius 1 is 1.08 bits per heavy atom. The lowest BCUT2D eigenvalue weighted by molar-refractivity contribution is -0.146. The quantitative estimate of drug-likeness (QED) is 0.538. The zero-order chi connectivity index (χ0) is 25.7. The van der Waals surface area contributed by atoms with Crippen LogP contribution in [-0.4, -0.2) is 53.3 Å². The van der Waals surface area contributed by atoms with Gasteiger partial charge < -0.3 is 20.1 Å². The van der Waals surface area contributed by atoms with Gasteiger partial charge in [0.2, 0.25) is 5.91 Å². The highest BCUT2D eigenvalue weighted by Crippen LogP contribution is 2.60. The number of carbonyl (C=O) groups is 2. The number of rotatable bonds is 9. The monoisotopic (exact) mass is 505 g/mol. The molecule has 0 saturated heterocycles. The van der Waals surface area contributed by atoms with E-state index in [-0.39, 0.29) is 47.4 Å². The highest BCUT2D eigenvalue weighted by Gasteiger charge is 2.69. The van der Waals surface area contributed by atoms with Crippen LogP contribution in [0, 0.1) is 5.92 Å². The summed E-state index contributed by atoms with van der Waals surface area (Å²) >= 11 is 0. The normalized spacial score (nSPS) is 28.7. The van der Waals surface area contributed by atoms with Crippen LogP contribution in [0.4, 0.5) is 13.2 Å². The molecule has 2 amide bonds. The van der Waals surface area contributed by atoms with E-state index in [4.69, 9.17) is 9.47 Å². The number of carbonyl (C=O) groups excluding carboxylic acids is 2. The minimum Gasteiger partial charge on any atom is -0.375 e. The van der Waals surface area contributed by atoms with Gasteiger partial charge in [-0.15, -0.1) is 0 Å². The van der Waals surface area contributed by atoms with Gasteiger partial charge in [0, 0.05) is 22.4 Å². The van der Waals surface area contributed by atoms with Crippen LogP contribution in [0.15, 0.2) is 30.3 Å². The number of pyridine rings is 1. The smallest absolute Gasteiger partial charge is 0.375 e. The van der Waals surface area contributed by atoms with Crippen LogP contribution in [0.2, 0.25) is 0 Å². The molecular formula is C26H30F3N3O4. The van der Waals surface area contributed by atoms with E-state index in [1.165, 1.54) is 18.2 Å². The number of nitrogens with one attached hydrogen (secondary N) is 2.